The van der Waals surface area contributed by atoms with Crippen LogP contribution < -0.4 is 5.32 Å². The van der Waals surface area contributed by atoms with E-state index in [0.29, 0.717) is 32.0 Å². The fourth-order valence-electron chi connectivity index (χ4n) is 2.05. The lowest BCUT2D eigenvalue weighted by molar-refractivity contribution is -0.112. The maximum atomic E-state index is 12.4. The van der Waals surface area contributed by atoms with Crippen LogP contribution in [0.5, 0.6) is 0 Å². The number of carbonyl (C=O) groups excluding carboxylic acids is 1. The number of anilines is 1. The number of hydrogen-bond acceptors (Lipinski definition) is 5. The molecule has 0 atom stereocenters. The van der Waals surface area contributed by atoms with Crippen LogP contribution in [0.4, 0.5) is 5.69 Å². The van der Waals surface area contributed by atoms with Crippen LogP contribution in [-0.4, -0.2) is 51.3 Å². The summed E-state index contributed by atoms with van der Waals surface area (Å²) in [6.07, 6.45) is 1.55. The van der Waals surface area contributed by atoms with Crippen molar-refractivity contribution in [1.29, 1.82) is 5.26 Å². The SMILES string of the molecule is COCCN(/C=C(/C#N)C(=O)Nc1cccc(C)c1C)CCOC. The summed E-state index contributed by atoms with van der Waals surface area (Å²) in [5.41, 5.74) is 2.82. The minimum Gasteiger partial charge on any atom is -0.383 e. The lowest BCUT2D eigenvalue weighted by Gasteiger charge is -2.20. The summed E-state index contributed by atoms with van der Waals surface area (Å²) in [6, 6.07) is 7.64. The van der Waals surface area contributed by atoms with Gasteiger partial charge in [0.2, 0.25) is 0 Å². The summed E-state index contributed by atoms with van der Waals surface area (Å²) in [6.45, 7) is 6.05. The van der Waals surface area contributed by atoms with E-state index in [2.05, 4.69) is 5.32 Å². The summed E-state index contributed by atoms with van der Waals surface area (Å²) in [4.78, 5) is 14.2. The van der Waals surface area contributed by atoms with Crippen molar-refractivity contribution in [3.63, 3.8) is 0 Å². The fraction of sp³-hybridized carbons (Fsp3) is 0.444. The molecule has 0 bridgehead atoms. The molecule has 0 aliphatic rings. The first-order chi connectivity index (χ1) is 11.5. The van der Waals surface area contributed by atoms with Crippen LogP contribution in [0.25, 0.3) is 0 Å². The topological polar surface area (TPSA) is 74.6 Å². The number of ether oxygens (including phenoxy) is 2. The van der Waals surface area contributed by atoms with E-state index in [9.17, 15) is 10.1 Å². The van der Waals surface area contributed by atoms with Gasteiger partial charge < -0.3 is 19.7 Å². The quantitative estimate of drug-likeness (QED) is 0.555. The molecule has 0 fully saturated rings. The normalized spacial score (nSPS) is 11.0. The molecule has 0 spiro atoms. The average molecular weight is 331 g/mol. The third-order valence-electron chi connectivity index (χ3n) is 3.69. The number of nitrogens with zero attached hydrogens (tertiary/aromatic N) is 2. The number of methoxy groups -OCH3 is 2. The van der Waals surface area contributed by atoms with E-state index in [1.54, 1.807) is 20.4 Å². The largest absolute Gasteiger partial charge is 0.383 e. The molecule has 0 aromatic heterocycles. The highest BCUT2D eigenvalue weighted by atomic mass is 16.5. The van der Waals surface area contributed by atoms with Gasteiger partial charge in [-0.05, 0) is 31.0 Å². The predicted molar refractivity (Wildman–Crippen MR) is 93.6 cm³/mol. The molecule has 1 aromatic carbocycles. The van der Waals surface area contributed by atoms with Crippen molar-refractivity contribution in [2.24, 2.45) is 0 Å². The molecular weight excluding hydrogens is 306 g/mol. The van der Waals surface area contributed by atoms with Crippen molar-refractivity contribution < 1.29 is 14.3 Å². The smallest absolute Gasteiger partial charge is 0.267 e. The minimum atomic E-state index is -0.425. The Bertz CT molecular complexity index is 612. The Labute approximate surface area is 143 Å². The highest BCUT2D eigenvalue weighted by Crippen LogP contribution is 2.18. The lowest BCUT2D eigenvalue weighted by Crippen LogP contribution is -2.27. The Balaban J connectivity index is 2.89. The Hall–Kier alpha value is -2.36. The van der Waals surface area contributed by atoms with Crippen LogP contribution in [0.2, 0.25) is 0 Å². The number of amides is 1. The van der Waals surface area contributed by atoms with Crippen LogP contribution >= 0.6 is 0 Å². The van der Waals surface area contributed by atoms with Crippen LogP contribution in [0.15, 0.2) is 30.0 Å². The van der Waals surface area contributed by atoms with Gasteiger partial charge in [0.25, 0.3) is 5.91 Å². The number of hydrogen-bond donors (Lipinski definition) is 1. The van der Waals surface area contributed by atoms with Gasteiger partial charge in [0.15, 0.2) is 0 Å². The van der Waals surface area contributed by atoms with Crippen LogP contribution in [-0.2, 0) is 14.3 Å². The number of rotatable bonds is 9. The highest BCUT2D eigenvalue weighted by Gasteiger charge is 2.13. The zero-order chi connectivity index (χ0) is 17.9. The number of benzene rings is 1. The summed E-state index contributed by atoms with van der Waals surface area (Å²) in [5, 5.41) is 12.1. The molecule has 6 heteroatoms. The maximum absolute atomic E-state index is 12.4. The third kappa shape index (κ3) is 6.03. The van der Waals surface area contributed by atoms with Gasteiger partial charge in [0.05, 0.1) is 13.2 Å². The third-order valence-corrected chi connectivity index (χ3v) is 3.69. The van der Waals surface area contributed by atoms with Gasteiger partial charge in [-0.25, -0.2) is 0 Å². The van der Waals surface area contributed by atoms with Crippen molar-refractivity contribution >= 4 is 11.6 Å². The molecule has 1 aromatic rings. The monoisotopic (exact) mass is 331 g/mol. The van der Waals surface area contributed by atoms with Crippen molar-refractivity contribution in [2.45, 2.75) is 13.8 Å². The van der Waals surface area contributed by atoms with E-state index in [1.165, 1.54) is 0 Å². The van der Waals surface area contributed by atoms with Crippen molar-refractivity contribution in [2.75, 3.05) is 45.8 Å². The summed E-state index contributed by atoms with van der Waals surface area (Å²) < 4.78 is 10.1. The molecule has 0 radical (unpaired) electrons. The second-order valence-electron chi connectivity index (χ2n) is 5.38. The van der Waals surface area contributed by atoms with Gasteiger partial charge in [-0.1, -0.05) is 12.1 Å². The zero-order valence-corrected chi connectivity index (χ0v) is 14.8. The van der Waals surface area contributed by atoms with E-state index >= 15 is 0 Å². The minimum absolute atomic E-state index is 0.0445. The predicted octanol–water partition coefficient (Wildman–Crippen LogP) is 2.24. The Morgan fingerprint density at radius 2 is 1.88 bits per heavy atom. The number of aryl methyl sites for hydroxylation is 1. The molecule has 6 nitrogen and oxygen atoms in total. The Morgan fingerprint density at radius 3 is 2.42 bits per heavy atom. The van der Waals surface area contributed by atoms with E-state index in [4.69, 9.17) is 9.47 Å². The number of carbonyl (C=O) groups is 1. The van der Waals surface area contributed by atoms with Gasteiger partial charge in [-0.3, -0.25) is 4.79 Å². The van der Waals surface area contributed by atoms with Crippen molar-refractivity contribution in [3.8, 4) is 6.07 Å². The summed E-state index contributed by atoms with van der Waals surface area (Å²) in [7, 11) is 3.22. The first-order valence-electron chi connectivity index (χ1n) is 7.74. The molecule has 130 valence electrons. The second kappa shape index (κ2) is 10.4. The second-order valence-corrected chi connectivity index (χ2v) is 5.38. The number of nitrogens with one attached hydrogen (secondary N) is 1. The molecule has 24 heavy (non-hydrogen) atoms. The average Bonchev–Trinajstić information content (AvgIpc) is 2.58. The fourth-order valence-corrected chi connectivity index (χ4v) is 2.05. The zero-order valence-electron chi connectivity index (χ0n) is 14.8. The number of nitriles is 1. The Morgan fingerprint density at radius 1 is 1.25 bits per heavy atom. The van der Waals surface area contributed by atoms with E-state index in [-0.39, 0.29) is 5.57 Å². The van der Waals surface area contributed by atoms with Crippen LogP contribution in [0.1, 0.15) is 11.1 Å². The van der Waals surface area contributed by atoms with Gasteiger partial charge in [-0.15, -0.1) is 0 Å². The van der Waals surface area contributed by atoms with E-state index in [1.807, 2.05) is 43.0 Å². The standard InChI is InChI=1S/C18H25N3O3/c1-14-6-5-7-17(15(14)2)20-18(22)16(12-19)13-21(8-10-23-3)9-11-24-4/h5-7,13H,8-11H2,1-4H3,(H,20,22)/b16-13-. The Kier molecular flexibility index (Phi) is 8.55. The summed E-state index contributed by atoms with van der Waals surface area (Å²) in [5.74, 6) is -0.425. The first-order valence-corrected chi connectivity index (χ1v) is 7.74. The molecule has 1 amide bonds. The molecule has 0 unspecified atom stereocenters. The molecule has 0 saturated heterocycles. The molecular formula is C18H25N3O3. The maximum Gasteiger partial charge on any atom is 0.267 e. The molecule has 0 saturated carbocycles. The molecule has 0 aliphatic heterocycles. The van der Waals surface area contributed by atoms with Gasteiger partial charge >= 0.3 is 0 Å². The first kappa shape index (κ1) is 19.7. The molecule has 0 heterocycles. The molecule has 1 rings (SSSR count). The molecule has 0 aliphatic carbocycles. The van der Waals surface area contributed by atoms with Crippen LogP contribution in [0.3, 0.4) is 0 Å². The van der Waals surface area contributed by atoms with Crippen LogP contribution in [0, 0.1) is 25.2 Å². The van der Waals surface area contributed by atoms with E-state index < -0.39 is 5.91 Å². The van der Waals surface area contributed by atoms with Gasteiger partial charge in [0, 0.05) is 39.2 Å². The lowest BCUT2D eigenvalue weighted by atomic mass is 10.1. The summed E-state index contributed by atoms with van der Waals surface area (Å²) >= 11 is 0. The van der Waals surface area contributed by atoms with E-state index in [0.717, 1.165) is 11.1 Å². The van der Waals surface area contributed by atoms with Gasteiger partial charge in [0.1, 0.15) is 11.6 Å². The van der Waals surface area contributed by atoms with Crippen molar-refractivity contribution in [3.05, 3.63) is 41.1 Å². The molecule has 1 N–H and O–H groups in total. The van der Waals surface area contributed by atoms with Crippen molar-refractivity contribution in [1.82, 2.24) is 4.90 Å². The highest BCUT2D eigenvalue weighted by molar-refractivity contribution is 6.06. The van der Waals surface area contributed by atoms with Gasteiger partial charge in [-0.2, -0.15) is 5.26 Å².